The van der Waals surface area contributed by atoms with Crippen molar-refractivity contribution in [2.45, 2.75) is 58.8 Å². The molecule has 0 aliphatic carbocycles. The zero-order valence-corrected chi connectivity index (χ0v) is 15.1. The van der Waals surface area contributed by atoms with Crippen molar-refractivity contribution in [3.8, 4) is 0 Å². The third-order valence-corrected chi connectivity index (χ3v) is 4.57. The van der Waals surface area contributed by atoms with E-state index < -0.39 is 0 Å². The number of aliphatic hydroxyl groups is 1. The highest BCUT2D eigenvalue weighted by molar-refractivity contribution is 5.19. The van der Waals surface area contributed by atoms with Gasteiger partial charge in [0, 0.05) is 6.61 Å². The van der Waals surface area contributed by atoms with Gasteiger partial charge in [0.25, 0.3) is 0 Å². The normalized spacial score (nSPS) is 14.7. The number of ether oxygens (including phenoxy) is 1. The van der Waals surface area contributed by atoms with Crippen molar-refractivity contribution in [3.63, 3.8) is 0 Å². The monoisotopic (exact) mass is 318 g/mol. The Hall–Kier alpha value is -1.12. The fourth-order valence-corrected chi connectivity index (χ4v) is 2.67. The Morgan fingerprint density at radius 1 is 1.17 bits per heavy atom. The molecule has 2 heteroatoms. The first-order chi connectivity index (χ1) is 11.2. The SMILES string of the molecule is CCC(C)C/C=C(\C)CCC(CCOCCO)c1ccccc1. The molecule has 0 aliphatic heterocycles. The zero-order valence-electron chi connectivity index (χ0n) is 15.1. The van der Waals surface area contributed by atoms with Gasteiger partial charge in [-0.15, -0.1) is 0 Å². The van der Waals surface area contributed by atoms with Crippen LogP contribution in [0.3, 0.4) is 0 Å². The van der Waals surface area contributed by atoms with E-state index in [9.17, 15) is 0 Å². The third kappa shape index (κ3) is 8.92. The second kappa shape index (κ2) is 12.3. The standard InChI is InChI=1S/C21H34O2/c1-4-18(2)10-11-19(3)12-13-21(14-16-23-17-15-22)20-8-6-5-7-9-20/h5-9,11,18,21-22H,4,10,12-17H2,1-3H3/b19-11+. The van der Waals surface area contributed by atoms with Gasteiger partial charge in [-0.25, -0.2) is 0 Å². The Labute approximate surface area is 142 Å². The molecule has 0 spiro atoms. The minimum atomic E-state index is 0.105. The number of aliphatic hydroxyl groups excluding tert-OH is 1. The van der Waals surface area contributed by atoms with Crippen LogP contribution < -0.4 is 0 Å². The molecule has 1 aromatic carbocycles. The molecule has 0 aromatic heterocycles. The maximum absolute atomic E-state index is 8.82. The van der Waals surface area contributed by atoms with Crippen LogP contribution in [0.2, 0.25) is 0 Å². The average molecular weight is 319 g/mol. The lowest BCUT2D eigenvalue weighted by atomic mass is 9.89. The van der Waals surface area contributed by atoms with Crippen LogP contribution in [0.15, 0.2) is 42.0 Å². The summed E-state index contributed by atoms with van der Waals surface area (Å²) in [5, 5.41) is 8.82. The molecule has 2 nitrogen and oxygen atoms in total. The van der Waals surface area contributed by atoms with Crippen molar-refractivity contribution < 1.29 is 9.84 Å². The molecule has 2 atom stereocenters. The Morgan fingerprint density at radius 3 is 2.57 bits per heavy atom. The highest BCUT2D eigenvalue weighted by Gasteiger charge is 2.11. The van der Waals surface area contributed by atoms with Crippen molar-refractivity contribution in [1.82, 2.24) is 0 Å². The molecule has 1 rings (SSSR count). The van der Waals surface area contributed by atoms with Gasteiger partial charge in [0.1, 0.15) is 0 Å². The Bertz CT molecular complexity index is 425. The quantitative estimate of drug-likeness (QED) is 0.417. The second-order valence-corrected chi connectivity index (χ2v) is 6.57. The largest absolute Gasteiger partial charge is 0.394 e. The minimum absolute atomic E-state index is 0.105. The lowest BCUT2D eigenvalue weighted by Crippen LogP contribution is -2.07. The summed E-state index contributed by atoms with van der Waals surface area (Å²) in [6.45, 7) is 8.09. The van der Waals surface area contributed by atoms with Gasteiger partial charge in [-0.1, -0.05) is 62.2 Å². The van der Waals surface area contributed by atoms with Gasteiger partial charge in [-0.2, -0.15) is 0 Å². The van der Waals surface area contributed by atoms with Crippen LogP contribution in [-0.4, -0.2) is 24.9 Å². The molecule has 0 fully saturated rings. The molecule has 0 bridgehead atoms. The fourth-order valence-electron chi connectivity index (χ4n) is 2.67. The van der Waals surface area contributed by atoms with Crippen molar-refractivity contribution in [3.05, 3.63) is 47.5 Å². The van der Waals surface area contributed by atoms with E-state index in [0.29, 0.717) is 12.5 Å². The van der Waals surface area contributed by atoms with Gasteiger partial charge < -0.3 is 9.84 Å². The molecule has 0 heterocycles. The molecule has 0 saturated carbocycles. The summed E-state index contributed by atoms with van der Waals surface area (Å²) in [5.74, 6) is 1.31. The number of benzene rings is 1. The van der Waals surface area contributed by atoms with Crippen molar-refractivity contribution >= 4 is 0 Å². The van der Waals surface area contributed by atoms with Crippen molar-refractivity contribution in [1.29, 1.82) is 0 Å². The molecule has 0 amide bonds. The summed E-state index contributed by atoms with van der Waals surface area (Å²) in [5.41, 5.74) is 2.90. The third-order valence-electron chi connectivity index (χ3n) is 4.57. The topological polar surface area (TPSA) is 29.5 Å². The van der Waals surface area contributed by atoms with E-state index in [1.165, 1.54) is 24.0 Å². The Balaban J connectivity index is 2.52. The van der Waals surface area contributed by atoms with E-state index in [1.54, 1.807) is 0 Å². The van der Waals surface area contributed by atoms with Gasteiger partial charge >= 0.3 is 0 Å². The summed E-state index contributed by atoms with van der Waals surface area (Å²) in [4.78, 5) is 0. The predicted molar refractivity (Wildman–Crippen MR) is 98.8 cm³/mol. The average Bonchev–Trinajstić information content (AvgIpc) is 2.59. The van der Waals surface area contributed by atoms with E-state index in [1.807, 2.05) is 0 Å². The molecule has 0 radical (unpaired) electrons. The number of rotatable bonds is 12. The zero-order chi connectivity index (χ0) is 16.9. The maximum atomic E-state index is 8.82. The van der Waals surface area contributed by atoms with E-state index in [-0.39, 0.29) is 6.61 Å². The number of hydrogen-bond donors (Lipinski definition) is 1. The first-order valence-electron chi connectivity index (χ1n) is 9.06. The smallest absolute Gasteiger partial charge is 0.0697 e. The summed E-state index contributed by atoms with van der Waals surface area (Å²) >= 11 is 0. The molecule has 1 aromatic rings. The van der Waals surface area contributed by atoms with Crippen LogP contribution in [0.1, 0.15) is 64.4 Å². The number of hydrogen-bond acceptors (Lipinski definition) is 2. The Morgan fingerprint density at radius 2 is 1.91 bits per heavy atom. The predicted octanol–water partition coefficient (Wildman–Crippen LogP) is 5.33. The molecule has 2 unspecified atom stereocenters. The van der Waals surface area contributed by atoms with Crippen LogP contribution in [0, 0.1) is 5.92 Å². The minimum Gasteiger partial charge on any atom is -0.394 e. The molecular formula is C21H34O2. The van der Waals surface area contributed by atoms with Crippen LogP contribution in [0.5, 0.6) is 0 Å². The second-order valence-electron chi connectivity index (χ2n) is 6.57. The molecule has 130 valence electrons. The van der Waals surface area contributed by atoms with E-state index in [2.05, 4.69) is 57.2 Å². The maximum Gasteiger partial charge on any atom is 0.0697 e. The summed E-state index contributed by atoms with van der Waals surface area (Å²) < 4.78 is 5.47. The Kier molecular flexibility index (Phi) is 10.7. The lowest BCUT2D eigenvalue weighted by Gasteiger charge is -2.18. The van der Waals surface area contributed by atoms with E-state index in [0.717, 1.165) is 31.8 Å². The van der Waals surface area contributed by atoms with Gasteiger partial charge in [0.15, 0.2) is 0 Å². The highest BCUT2D eigenvalue weighted by Crippen LogP contribution is 2.27. The first-order valence-corrected chi connectivity index (χ1v) is 9.06. The van der Waals surface area contributed by atoms with Crippen LogP contribution in [0.4, 0.5) is 0 Å². The first kappa shape index (κ1) is 19.9. The van der Waals surface area contributed by atoms with Gasteiger partial charge in [-0.05, 0) is 50.0 Å². The van der Waals surface area contributed by atoms with Crippen LogP contribution in [0.25, 0.3) is 0 Å². The van der Waals surface area contributed by atoms with Gasteiger partial charge in [0.05, 0.1) is 13.2 Å². The highest BCUT2D eigenvalue weighted by atomic mass is 16.5. The fraction of sp³-hybridized carbons (Fsp3) is 0.619. The van der Waals surface area contributed by atoms with E-state index >= 15 is 0 Å². The summed E-state index contributed by atoms with van der Waals surface area (Å²) in [6, 6.07) is 10.7. The summed E-state index contributed by atoms with van der Waals surface area (Å²) in [7, 11) is 0. The van der Waals surface area contributed by atoms with Crippen molar-refractivity contribution in [2.24, 2.45) is 5.92 Å². The molecule has 0 aliphatic rings. The lowest BCUT2D eigenvalue weighted by molar-refractivity contribution is 0.0870. The van der Waals surface area contributed by atoms with Gasteiger partial charge in [0.2, 0.25) is 0 Å². The summed E-state index contributed by atoms with van der Waals surface area (Å²) in [6.07, 6.45) is 8.18. The number of allylic oxidation sites excluding steroid dienone is 2. The van der Waals surface area contributed by atoms with Gasteiger partial charge in [-0.3, -0.25) is 0 Å². The van der Waals surface area contributed by atoms with Crippen LogP contribution in [-0.2, 0) is 4.74 Å². The van der Waals surface area contributed by atoms with Crippen LogP contribution >= 0.6 is 0 Å². The molecule has 0 saturated heterocycles. The molecule has 1 N–H and O–H groups in total. The molecular weight excluding hydrogens is 284 g/mol. The molecule has 23 heavy (non-hydrogen) atoms. The van der Waals surface area contributed by atoms with Crippen molar-refractivity contribution in [2.75, 3.05) is 19.8 Å². The van der Waals surface area contributed by atoms with E-state index in [4.69, 9.17) is 9.84 Å².